The predicted octanol–water partition coefficient (Wildman–Crippen LogP) is 3.10. The molecule has 0 radical (unpaired) electrons. The van der Waals surface area contributed by atoms with Crippen molar-refractivity contribution in [3.05, 3.63) is 27.7 Å². The van der Waals surface area contributed by atoms with E-state index in [1.54, 1.807) is 6.07 Å². The highest BCUT2D eigenvalue weighted by Crippen LogP contribution is 2.35. The lowest BCUT2D eigenvalue weighted by Gasteiger charge is -2.29. The molecule has 3 rings (SSSR count). The lowest BCUT2D eigenvalue weighted by Crippen LogP contribution is -2.38. The number of halogens is 2. The van der Waals surface area contributed by atoms with Crippen LogP contribution in [0.4, 0.5) is 5.69 Å². The molecule has 1 saturated heterocycles. The van der Waals surface area contributed by atoms with Gasteiger partial charge in [0.1, 0.15) is 0 Å². The Morgan fingerprint density at radius 3 is 2.95 bits per heavy atom. The minimum atomic E-state index is -0.0172. The summed E-state index contributed by atoms with van der Waals surface area (Å²) < 4.78 is 0.896. The normalized spacial score (nSPS) is 28.4. The molecule has 1 amide bonds. The topological polar surface area (TPSA) is 58.4 Å². The minimum absolute atomic E-state index is 0.0172. The van der Waals surface area contributed by atoms with Crippen LogP contribution in [0.2, 0.25) is 5.02 Å². The van der Waals surface area contributed by atoms with E-state index in [0.717, 1.165) is 24.0 Å². The van der Waals surface area contributed by atoms with Crippen LogP contribution < -0.4 is 11.1 Å². The number of anilines is 1. The molecule has 1 aliphatic carbocycles. The lowest BCUT2D eigenvalue weighted by atomic mass is 9.78. The number of rotatable bonds is 3. The van der Waals surface area contributed by atoms with E-state index in [2.05, 4.69) is 26.1 Å². The Morgan fingerprint density at radius 1 is 1.41 bits per heavy atom. The first-order chi connectivity index (χ1) is 10.5. The summed E-state index contributed by atoms with van der Waals surface area (Å²) in [7, 11) is 0. The molecule has 3 N–H and O–H groups in total. The van der Waals surface area contributed by atoms with Crippen molar-refractivity contribution in [2.24, 2.45) is 17.6 Å². The van der Waals surface area contributed by atoms with E-state index in [4.69, 9.17) is 17.3 Å². The number of carbonyl (C=O) groups is 1. The molecule has 22 heavy (non-hydrogen) atoms. The number of benzene rings is 1. The van der Waals surface area contributed by atoms with Crippen molar-refractivity contribution in [3.63, 3.8) is 0 Å². The zero-order valence-electron chi connectivity index (χ0n) is 12.4. The van der Waals surface area contributed by atoms with Gasteiger partial charge in [-0.1, -0.05) is 34.0 Å². The molecule has 120 valence electrons. The average molecular weight is 387 g/mol. The Hall–Kier alpha value is -0.620. The lowest BCUT2D eigenvalue weighted by molar-refractivity contribution is -0.117. The number of likely N-dealkylation sites (tertiary alicyclic amines) is 1. The Bertz CT molecular complexity index is 568. The van der Waals surface area contributed by atoms with E-state index >= 15 is 0 Å². The quantitative estimate of drug-likeness (QED) is 0.839. The molecule has 0 bridgehead atoms. The van der Waals surface area contributed by atoms with Gasteiger partial charge in [0.05, 0.1) is 17.3 Å². The second-order valence-electron chi connectivity index (χ2n) is 6.39. The van der Waals surface area contributed by atoms with Gasteiger partial charge in [-0.2, -0.15) is 0 Å². The van der Waals surface area contributed by atoms with Crippen LogP contribution in [0, 0.1) is 11.8 Å². The molecule has 1 heterocycles. The molecule has 2 fully saturated rings. The number of hydrogen-bond donors (Lipinski definition) is 2. The molecule has 2 aliphatic rings. The van der Waals surface area contributed by atoms with E-state index in [1.165, 1.54) is 12.8 Å². The Kier molecular flexibility index (Phi) is 5.07. The van der Waals surface area contributed by atoms with E-state index < -0.39 is 0 Å². The van der Waals surface area contributed by atoms with E-state index in [9.17, 15) is 4.79 Å². The maximum absolute atomic E-state index is 12.2. The van der Waals surface area contributed by atoms with Gasteiger partial charge in [0.25, 0.3) is 0 Å². The van der Waals surface area contributed by atoms with Crippen LogP contribution in [0.15, 0.2) is 22.7 Å². The molecule has 3 atom stereocenters. The zero-order chi connectivity index (χ0) is 15.7. The van der Waals surface area contributed by atoms with E-state index in [0.29, 0.717) is 35.1 Å². The van der Waals surface area contributed by atoms with E-state index in [-0.39, 0.29) is 5.91 Å². The molecule has 6 heteroatoms. The first-order valence-corrected chi connectivity index (χ1v) is 8.93. The number of amides is 1. The summed E-state index contributed by atoms with van der Waals surface area (Å²) in [5.74, 6) is 1.20. The molecule has 1 saturated carbocycles. The van der Waals surface area contributed by atoms with Gasteiger partial charge < -0.3 is 11.1 Å². The molecule has 3 unspecified atom stereocenters. The Labute approximate surface area is 144 Å². The Balaban J connectivity index is 1.56. The second kappa shape index (κ2) is 6.87. The first kappa shape index (κ1) is 16.2. The number of carbonyl (C=O) groups excluding carboxylic acids is 1. The number of fused-ring (bicyclic) bond motifs is 1. The number of nitrogens with one attached hydrogen (secondary N) is 1. The standard InChI is InChI=1S/C16H21BrClN3O/c17-11-4-5-15(13(18)6-11)20-16(22)9-21-7-10-2-1-3-14(19)12(10)8-21/h4-6,10,12,14H,1-3,7-9,19H2,(H,20,22). The number of nitrogens with zero attached hydrogens (tertiary/aromatic N) is 1. The Morgan fingerprint density at radius 2 is 2.23 bits per heavy atom. The maximum atomic E-state index is 12.2. The highest BCUT2D eigenvalue weighted by Gasteiger charge is 2.38. The first-order valence-electron chi connectivity index (χ1n) is 7.76. The third kappa shape index (κ3) is 3.65. The summed E-state index contributed by atoms with van der Waals surface area (Å²) in [5, 5.41) is 3.43. The fourth-order valence-electron chi connectivity index (χ4n) is 3.72. The van der Waals surface area contributed by atoms with Crippen molar-refractivity contribution in [1.29, 1.82) is 0 Å². The summed E-state index contributed by atoms with van der Waals surface area (Å²) in [4.78, 5) is 14.5. The molecule has 4 nitrogen and oxygen atoms in total. The van der Waals surface area contributed by atoms with Gasteiger partial charge in [-0.3, -0.25) is 9.69 Å². The monoisotopic (exact) mass is 385 g/mol. The third-order valence-electron chi connectivity index (χ3n) is 4.80. The minimum Gasteiger partial charge on any atom is -0.327 e. The van der Waals surface area contributed by atoms with Crippen molar-refractivity contribution in [2.45, 2.75) is 25.3 Å². The summed E-state index contributed by atoms with van der Waals surface area (Å²) in [6, 6.07) is 5.75. The van der Waals surface area contributed by atoms with Crippen molar-refractivity contribution < 1.29 is 4.79 Å². The van der Waals surface area contributed by atoms with Crippen molar-refractivity contribution in [1.82, 2.24) is 4.90 Å². The predicted molar refractivity (Wildman–Crippen MR) is 93.0 cm³/mol. The second-order valence-corrected chi connectivity index (χ2v) is 7.71. The van der Waals surface area contributed by atoms with Crippen LogP contribution in [0.25, 0.3) is 0 Å². The molecule has 1 aliphatic heterocycles. The van der Waals surface area contributed by atoms with Gasteiger partial charge in [0, 0.05) is 23.6 Å². The average Bonchev–Trinajstić information content (AvgIpc) is 2.86. The van der Waals surface area contributed by atoms with Crippen molar-refractivity contribution in [2.75, 3.05) is 25.0 Å². The van der Waals surface area contributed by atoms with Crippen LogP contribution in [-0.2, 0) is 4.79 Å². The van der Waals surface area contributed by atoms with Crippen LogP contribution >= 0.6 is 27.5 Å². The fraction of sp³-hybridized carbons (Fsp3) is 0.562. The van der Waals surface area contributed by atoms with Gasteiger partial charge in [-0.25, -0.2) is 0 Å². The van der Waals surface area contributed by atoms with Gasteiger partial charge in [0.15, 0.2) is 0 Å². The molecular weight excluding hydrogens is 366 g/mol. The summed E-state index contributed by atoms with van der Waals surface area (Å²) in [5.41, 5.74) is 6.88. The van der Waals surface area contributed by atoms with Gasteiger partial charge in [-0.15, -0.1) is 0 Å². The number of nitrogens with two attached hydrogens (primary N) is 1. The molecule has 1 aromatic rings. The van der Waals surface area contributed by atoms with Crippen molar-refractivity contribution in [3.8, 4) is 0 Å². The van der Waals surface area contributed by atoms with Gasteiger partial charge >= 0.3 is 0 Å². The SMILES string of the molecule is NC1CCCC2CN(CC(=O)Nc3ccc(Br)cc3Cl)CC12. The van der Waals surface area contributed by atoms with E-state index in [1.807, 2.05) is 12.1 Å². The highest BCUT2D eigenvalue weighted by atomic mass is 79.9. The smallest absolute Gasteiger partial charge is 0.238 e. The van der Waals surface area contributed by atoms with Crippen LogP contribution in [0.5, 0.6) is 0 Å². The fourth-order valence-corrected chi connectivity index (χ4v) is 4.44. The van der Waals surface area contributed by atoms with Crippen LogP contribution in [-0.4, -0.2) is 36.5 Å². The summed E-state index contributed by atoms with van der Waals surface area (Å²) in [6.07, 6.45) is 3.58. The van der Waals surface area contributed by atoms with Crippen LogP contribution in [0.3, 0.4) is 0 Å². The van der Waals surface area contributed by atoms with Gasteiger partial charge in [-0.05, 0) is 42.9 Å². The largest absolute Gasteiger partial charge is 0.327 e. The van der Waals surface area contributed by atoms with Crippen LogP contribution in [0.1, 0.15) is 19.3 Å². The third-order valence-corrected chi connectivity index (χ3v) is 5.61. The number of hydrogen-bond acceptors (Lipinski definition) is 3. The summed E-state index contributed by atoms with van der Waals surface area (Å²) in [6.45, 7) is 2.33. The molecule has 0 spiro atoms. The molecular formula is C16H21BrClN3O. The van der Waals surface area contributed by atoms with Crippen molar-refractivity contribution >= 4 is 39.1 Å². The molecule has 0 aromatic heterocycles. The van der Waals surface area contributed by atoms with Gasteiger partial charge in [0.2, 0.25) is 5.91 Å². The maximum Gasteiger partial charge on any atom is 0.238 e. The highest BCUT2D eigenvalue weighted by molar-refractivity contribution is 9.10. The summed E-state index contributed by atoms with van der Waals surface area (Å²) >= 11 is 9.49. The molecule has 1 aromatic carbocycles. The zero-order valence-corrected chi connectivity index (χ0v) is 14.7.